The summed E-state index contributed by atoms with van der Waals surface area (Å²) < 4.78 is 0. The second-order valence-electron chi connectivity index (χ2n) is 5.54. The molecule has 0 aliphatic carbocycles. The summed E-state index contributed by atoms with van der Waals surface area (Å²) >= 11 is 0. The number of rotatable bonds is 9. The Kier molecular flexibility index (Phi) is 8.54. The van der Waals surface area contributed by atoms with Crippen LogP contribution in [0.25, 0.3) is 0 Å². The number of hydrogen-bond acceptors (Lipinski definition) is 2. The molecule has 0 aromatic heterocycles. The van der Waals surface area contributed by atoms with E-state index in [0.29, 0.717) is 5.78 Å². The number of carbonyl (C=O) groups excluding carboxylic acids is 1. The number of unbranched alkanes of at least 4 members (excludes halogenated alkanes) is 4. The summed E-state index contributed by atoms with van der Waals surface area (Å²) in [6, 6.07) is 0. The predicted molar refractivity (Wildman–Crippen MR) is 70.7 cm³/mol. The molecule has 96 valence electrons. The number of Topliss-reactive ketones (excluding diaryl/α,β-unsaturated/α-hetero) is 1. The van der Waals surface area contributed by atoms with Gasteiger partial charge in [-0.2, -0.15) is 0 Å². The number of carbonyl (C=O) groups is 1. The molecular formula is C14H29NO. The Hall–Kier alpha value is -0.370. The molecule has 0 rings (SSSR count). The van der Waals surface area contributed by atoms with E-state index in [1.807, 2.05) is 20.8 Å². The highest BCUT2D eigenvalue weighted by Gasteiger charge is 2.19. The monoisotopic (exact) mass is 227 g/mol. The van der Waals surface area contributed by atoms with Gasteiger partial charge in [-0.05, 0) is 25.9 Å². The Morgan fingerprint density at radius 2 is 1.56 bits per heavy atom. The van der Waals surface area contributed by atoms with Crippen LogP contribution in [-0.4, -0.2) is 18.9 Å². The molecule has 16 heavy (non-hydrogen) atoms. The smallest absolute Gasteiger partial charge is 0.138 e. The molecule has 0 aliphatic rings. The fraction of sp³-hybridized carbons (Fsp3) is 0.929. The van der Waals surface area contributed by atoms with Crippen molar-refractivity contribution in [3.8, 4) is 0 Å². The highest BCUT2D eigenvalue weighted by molar-refractivity contribution is 5.83. The van der Waals surface area contributed by atoms with Crippen LogP contribution in [-0.2, 0) is 4.79 Å². The van der Waals surface area contributed by atoms with Gasteiger partial charge in [-0.3, -0.25) is 4.79 Å². The Morgan fingerprint density at radius 1 is 1.00 bits per heavy atom. The van der Waals surface area contributed by atoms with E-state index in [9.17, 15) is 4.79 Å². The third-order valence-corrected chi connectivity index (χ3v) is 2.84. The van der Waals surface area contributed by atoms with E-state index in [4.69, 9.17) is 0 Å². The second-order valence-corrected chi connectivity index (χ2v) is 5.54. The molecule has 2 heteroatoms. The number of ketones is 1. The maximum Gasteiger partial charge on any atom is 0.138 e. The maximum absolute atomic E-state index is 11.6. The quantitative estimate of drug-likeness (QED) is 0.610. The summed E-state index contributed by atoms with van der Waals surface area (Å²) in [4.78, 5) is 11.6. The van der Waals surface area contributed by atoms with E-state index in [0.717, 1.165) is 25.9 Å². The van der Waals surface area contributed by atoms with Crippen LogP contribution in [0, 0.1) is 5.41 Å². The molecule has 0 aromatic carbocycles. The number of nitrogens with one attached hydrogen (secondary N) is 1. The van der Waals surface area contributed by atoms with Crippen LogP contribution in [0.15, 0.2) is 0 Å². The molecule has 2 nitrogen and oxygen atoms in total. The SMILES string of the molecule is CCNCCCCCCCC(=O)C(C)(C)C. The van der Waals surface area contributed by atoms with Crippen molar-refractivity contribution in [2.24, 2.45) is 5.41 Å². The van der Waals surface area contributed by atoms with E-state index < -0.39 is 0 Å². The molecule has 0 amide bonds. The van der Waals surface area contributed by atoms with Gasteiger partial charge >= 0.3 is 0 Å². The normalized spacial score (nSPS) is 11.8. The average Bonchev–Trinajstić information content (AvgIpc) is 2.20. The van der Waals surface area contributed by atoms with Crippen LogP contribution in [0.3, 0.4) is 0 Å². The minimum atomic E-state index is -0.148. The van der Waals surface area contributed by atoms with Crippen LogP contribution in [0.5, 0.6) is 0 Å². The molecule has 0 radical (unpaired) electrons. The lowest BCUT2D eigenvalue weighted by Crippen LogP contribution is -2.19. The van der Waals surface area contributed by atoms with E-state index in [-0.39, 0.29) is 5.41 Å². The molecule has 0 unspecified atom stereocenters. The Morgan fingerprint density at radius 3 is 2.12 bits per heavy atom. The van der Waals surface area contributed by atoms with Gasteiger partial charge in [0.25, 0.3) is 0 Å². The zero-order chi connectivity index (χ0) is 12.4. The van der Waals surface area contributed by atoms with Crippen LogP contribution >= 0.6 is 0 Å². The summed E-state index contributed by atoms with van der Waals surface area (Å²) in [6.45, 7) is 10.4. The standard InChI is InChI=1S/C14H29NO/c1-5-15-12-10-8-6-7-9-11-13(16)14(2,3)4/h15H,5-12H2,1-4H3. The highest BCUT2D eigenvalue weighted by atomic mass is 16.1. The molecule has 1 N–H and O–H groups in total. The van der Waals surface area contributed by atoms with Crippen molar-refractivity contribution in [2.45, 2.75) is 66.2 Å². The lowest BCUT2D eigenvalue weighted by molar-refractivity contribution is -0.126. The molecule has 0 fully saturated rings. The first-order chi connectivity index (χ1) is 7.48. The van der Waals surface area contributed by atoms with E-state index in [2.05, 4.69) is 12.2 Å². The molecule has 0 aromatic rings. The summed E-state index contributed by atoms with van der Waals surface area (Å²) in [7, 11) is 0. The van der Waals surface area contributed by atoms with Crippen LogP contribution in [0.4, 0.5) is 0 Å². The van der Waals surface area contributed by atoms with E-state index in [1.54, 1.807) is 0 Å². The van der Waals surface area contributed by atoms with Crippen molar-refractivity contribution in [3.05, 3.63) is 0 Å². The second kappa shape index (κ2) is 8.74. The minimum Gasteiger partial charge on any atom is -0.317 e. The summed E-state index contributed by atoms with van der Waals surface area (Å²) in [5, 5.41) is 3.32. The zero-order valence-electron chi connectivity index (χ0n) is 11.6. The van der Waals surface area contributed by atoms with Crippen LogP contribution < -0.4 is 5.32 Å². The van der Waals surface area contributed by atoms with Crippen molar-refractivity contribution in [1.29, 1.82) is 0 Å². The van der Waals surface area contributed by atoms with Crippen molar-refractivity contribution in [1.82, 2.24) is 5.32 Å². The minimum absolute atomic E-state index is 0.148. The molecule has 0 saturated heterocycles. The van der Waals surface area contributed by atoms with Crippen LogP contribution in [0.1, 0.15) is 66.2 Å². The molecule has 0 bridgehead atoms. The lowest BCUT2D eigenvalue weighted by atomic mass is 9.88. The fourth-order valence-electron chi connectivity index (χ4n) is 1.62. The van der Waals surface area contributed by atoms with Crippen molar-refractivity contribution in [2.75, 3.05) is 13.1 Å². The van der Waals surface area contributed by atoms with Gasteiger partial charge in [0.2, 0.25) is 0 Å². The third-order valence-electron chi connectivity index (χ3n) is 2.84. The van der Waals surface area contributed by atoms with Crippen molar-refractivity contribution >= 4 is 5.78 Å². The van der Waals surface area contributed by atoms with E-state index >= 15 is 0 Å². The molecule has 0 spiro atoms. The average molecular weight is 227 g/mol. The molecular weight excluding hydrogens is 198 g/mol. The van der Waals surface area contributed by atoms with Gasteiger partial charge in [0.15, 0.2) is 0 Å². The first-order valence-electron chi connectivity index (χ1n) is 6.72. The molecule has 0 aliphatic heterocycles. The number of hydrogen-bond donors (Lipinski definition) is 1. The predicted octanol–water partition coefficient (Wildman–Crippen LogP) is 3.55. The Labute approximate surface area is 101 Å². The molecule has 0 atom stereocenters. The Bertz CT molecular complexity index is 182. The third kappa shape index (κ3) is 8.90. The largest absolute Gasteiger partial charge is 0.317 e. The highest BCUT2D eigenvalue weighted by Crippen LogP contribution is 2.18. The molecule has 0 saturated carbocycles. The van der Waals surface area contributed by atoms with Gasteiger partial charge in [-0.25, -0.2) is 0 Å². The van der Waals surface area contributed by atoms with Gasteiger partial charge in [0.1, 0.15) is 5.78 Å². The lowest BCUT2D eigenvalue weighted by Gasteiger charge is -2.16. The van der Waals surface area contributed by atoms with Gasteiger partial charge in [-0.15, -0.1) is 0 Å². The summed E-state index contributed by atoms with van der Waals surface area (Å²) in [5.41, 5.74) is -0.148. The van der Waals surface area contributed by atoms with E-state index in [1.165, 1.54) is 25.7 Å². The fourth-order valence-corrected chi connectivity index (χ4v) is 1.62. The van der Waals surface area contributed by atoms with Gasteiger partial charge < -0.3 is 5.32 Å². The van der Waals surface area contributed by atoms with Gasteiger partial charge in [0.05, 0.1) is 0 Å². The summed E-state index contributed by atoms with van der Waals surface area (Å²) in [6.07, 6.45) is 6.85. The zero-order valence-corrected chi connectivity index (χ0v) is 11.6. The summed E-state index contributed by atoms with van der Waals surface area (Å²) in [5.74, 6) is 0.403. The first-order valence-corrected chi connectivity index (χ1v) is 6.72. The van der Waals surface area contributed by atoms with Crippen molar-refractivity contribution in [3.63, 3.8) is 0 Å². The molecule has 0 heterocycles. The van der Waals surface area contributed by atoms with Crippen LogP contribution in [0.2, 0.25) is 0 Å². The van der Waals surface area contributed by atoms with Gasteiger partial charge in [-0.1, -0.05) is 47.0 Å². The maximum atomic E-state index is 11.6. The van der Waals surface area contributed by atoms with Crippen molar-refractivity contribution < 1.29 is 4.79 Å². The first kappa shape index (κ1) is 15.6. The van der Waals surface area contributed by atoms with Gasteiger partial charge in [0, 0.05) is 11.8 Å². The Balaban J connectivity index is 3.25. The topological polar surface area (TPSA) is 29.1 Å².